The topological polar surface area (TPSA) is 116 Å². The van der Waals surface area contributed by atoms with E-state index >= 15 is 0 Å². The number of hydrogen-bond acceptors (Lipinski definition) is 6. The zero-order valence-corrected chi connectivity index (χ0v) is 34.2. The van der Waals surface area contributed by atoms with Crippen molar-refractivity contribution in [2.45, 2.75) is 115 Å². The molecule has 2 amide bonds. The second kappa shape index (κ2) is 13.5. The fraction of sp³-hybridized carbons (Fsp3) is 0.417. The van der Waals surface area contributed by atoms with Gasteiger partial charge in [0.05, 0.1) is 34.2 Å². The zero-order valence-electron chi connectivity index (χ0n) is 34.2. The quantitative estimate of drug-likeness (QED) is 0.180. The number of nitrogens with zero attached hydrogens (tertiary/aromatic N) is 4. The van der Waals surface area contributed by atoms with Crippen molar-refractivity contribution < 1.29 is 19.1 Å². The van der Waals surface area contributed by atoms with E-state index in [1.54, 1.807) is 0 Å². The highest BCUT2D eigenvalue weighted by Gasteiger charge is 2.52. The number of H-pyrrole nitrogens is 2. The van der Waals surface area contributed by atoms with E-state index in [1.165, 1.54) is 0 Å². The molecule has 58 heavy (non-hydrogen) atoms. The van der Waals surface area contributed by atoms with Crippen molar-refractivity contribution in [3.63, 3.8) is 0 Å². The number of carbonyl (C=O) groups is 2. The molecule has 2 aromatic heterocycles. The summed E-state index contributed by atoms with van der Waals surface area (Å²) in [4.78, 5) is 47.7. The molecule has 10 rings (SSSR count). The van der Waals surface area contributed by atoms with Crippen LogP contribution in [0.1, 0.15) is 104 Å². The molecule has 6 aromatic rings. The van der Waals surface area contributed by atoms with Gasteiger partial charge in [-0.1, -0.05) is 60.7 Å². The smallest absolute Gasteiger partial charge is 0.411 e. The van der Waals surface area contributed by atoms with Gasteiger partial charge < -0.3 is 19.4 Å². The average molecular weight is 777 g/mol. The maximum atomic E-state index is 13.3. The lowest BCUT2D eigenvalue weighted by atomic mass is 9.98. The van der Waals surface area contributed by atoms with Crippen LogP contribution < -0.4 is 0 Å². The largest absolute Gasteiger partial charge is 0.444 e. The molecule has 4 aromatic carbocycles. The van der Waals surface area contributed by atoms with Gasteiger partial charge in [-0.2, -0.15) is 0 Å². The molecule has 4 aliphatic rings. The molecule has 10 nitrogen and oxygen atoms in total. The lowest BCUT2D eigenvalue weighted by Crippen LogP contribution is -2.43. The van der Waals surface area contributed by atoms with Crippen LogP contribution in [0.15, 0.2) is 84.9 Å². The number of aromatic nitrogens is 4. The Bertz CT molecular complexity index is 2360. The van der Waals surface area contributed by atoms with Crippen molar-refractivity contribution in [1.29, 1.82) is 0 Å². The van der Waals surface area contributed by atoms with Gasteiger partial charge in [0.2, 0.25) is 0 Å². The molecule has 4 bridgehead atoms. The van der Waals surface area contributed by atoms with Crippen molar-refractivity contribution in [3.8, 4) is 33.4 Å². The van der Waals surface area contributed by atoms with Gasteiger partial charge in [0.25, 0.3) is 0 Å². The summed E-state index contributed by atoms with van der Waals surface area (Å²) in [7, 11) is 0. The van der Waals surface area contributed by atoms with Crippen LogP contribution in [0.5, 0.6) is 0 Å². The van der Waals surface area contributed by atoms with E-state index in [0.717, 1.165) is 106 Å². The number of rotatable bonds is 5. The minimum absolute atomic E-state index is 0.0910. The third kappa shape index (κ3) is 6.60. The predicted molar refractivity (Wildman–Crippen MR) is 226 cm³/mol. The van der Waals surface area contributed by atoms with Crippen molar-refractivity contribution in [3.05, 3.63) is 96.6 Å². The minimum Gasteiger partial charge on any atom is -0.444 e. The van der Waals surface area contributed by atoms with Crippen LogP contribution in [0, 0.1) is 11.8 Å². The van der Waals surface area contributed by atoms with E-state index in [4.69, 9.17) is 19.4 Å². The maximum absolute atomic E-state index is 13.3. The van der Waals surface area contributed by atoms with Gasteiger partial charge in [0.15, 0.2) is 0 Å². The number of hydrogen-bond donors (Lipinski definition) is 2. The lowest BCUT2D eigenvalue weighted by Gasteiger charge is -2.35. The predicted octanol–water partition coefficient (Wildman–Crippen LogP) is 11.4. The van der Waals surface area contributed by atoms with Crippen molar-refractivity contribution in [2.24, 2.45) is 11.8 Å². The monoisotopic (exact) mass is 776 g/mol. The Kier molecular flexibility index (Phi) is 8.52. The summed E-state index contributed by atoms with van der Waals surface area (Å²) in [5.41, 5.74) is 9.42. The number of piperidine rings is 2. The molecular weight excluding hydrogens is 725 g/mol. The number of amides is 2. The molecule has 0 spiro atoms. The molecule has 2 saturated heterocycles. The Morgan fingerprint density at radius 2 is 0.879 bits per heavy atom. The van der Waals surface area contributed by atoms with Crippen molar-refractivity contribution >= 4 is 34.3 Å². The number of benzene rings is 4. The first-order chi connectivity index (χ1) is 27.7. The van der Waals surface area contributed by atoms with Gasteiger partial charge in [0.1, 0.15) is 22.9 Å². The number of aromatic amines is 2. The van der Waals surface area contributed by atoms with E-state index in [-0.39, 0.29) is 36.4 Å². The first kappa shape index (κ1) is 36.7. The Labute approximate surface area is 339 Å². The third-order valence-corrected chi connectivity index (χ3v) is 12.7. The molecule has 2 saturated carbocycles. The Morgan fingerprint density at radius 1 is 0.534 bits per heavy atom. The fourth-order valence-electron chi connectivity index (χ4n) is 10.2. The van der Waals surface area contributed by atoms with Gasteiger partial charge >= 0.3 is 12.2 Å². The van der Waals surface area contributed by atoms with E-state index in [0.29, 0.717) is 11.8 Å². The van der Waals surface area contributed by atoms with Crippen LogP contribution in [0.4, 0.5) is 9.59 Å². The number of ether oxygens (including phenoxy) is 2. The molecule has 6 atom stereocenters. The van der Waals surface area contributed by atoms with Crippen LogP contribution in [-0.2, 0) is 9.47 Å². The Hall–Kier alpha value is -5.64. The number of likely N-dealkylation sites (tertiary alicyclic amines) is 2. The van der Waals surface area contributed by atoms with Gasteiger partial charge in [0, 0.05) is 12.1 Å². The molecule has 10 heteroatoms. The van der Waals surface area contributed by atoms with E-state index < -0.39 is 11.2 Å². The summed E-state index contributed by atoms with van der Waals surface area (Å²) in [5, 5.41) is 0. The van der Waals surface area contributed by atoms with Gasteiger partial charge in [-0.3, -0.25) is 9.80 Å². The molecule has 4 fully saturated rings. The molecule has 2 N–H and O–H groups in total. The van der Waals surface area contributed by atoms with E-state index in [2.05, 4.69) is 94.9 Å². The van der Waals surface area contributed by atoms with Crippen LogP contribution in [0.25, 0.3) is 55.4 Å². The Morgan fingerprint density at radius 3 is 1.24 bits per heavy atom. The van der Waals surface area contributed by atoms with Crippen molar-refractivity contribution in [1.82, 2.24) is 29.7 Å². The van der Waals surface area contributed by atoms with Gasteiger partial charge in [-0.25, -0.2) is 19.6 Å². The highest BCUT2D eigenvalue weighted by Crippen LogP contribution is 2.51. The van der Waals surface area contributed by atoms with Crippen molar-refractivity contribution in [2.75, 3.05) is 0 Å². The second-order valence-corrected chi connectivity index (χ2v) is 19.0. The lowest BCUT2D eigenvalue weighted by molar-refractivity contribution is 0.00526. The first-order valence-electron chi connectivity index (χ1n) is 21.0. The van der Waals surface area contributed by atoms with E-state index in [9.17, 15) is 9.59 Å². The molecule has 0 radical (unpaired) electrons. The molecular formula is C48H52N6O4. The summed E-state index contributed by atoms with van der Waals surface area (Å²) in [6, 6.07) is 30.3. The second-order valence-electron chi connectivity index (χ2n) is 19.0. The van der Waals surface area contributed by atoms with Crippen LogP contribution in [0.3, 0.4) is 0 Å². The zero-order chi connectivity index (χ0) is 40.1. The maximum Gasteiger partial charge on any atom is 0.411 e. The molecule has 2 aliphatic carbocycles. The van der Waals surface area contributed by atoms with Gasteiger partial charge in [-0.05, 0) is 150 Å². The minimum atomic E-state index is -0.543. The Balaban J connectivity index is 0.844. The molecule has 2 aliphatic heterocycles. The summed E-state index contributed by atoms with van der Waals surface area (Å²) in [6.07, 6.45) is 5.77. The number of nitrogens with one attached hydrogen (secondary N) is 2. The summed E-state index contributed by atoms with van der Waals surface area (Å²) >= 11 is 0. The van der Waals surface area contributed by atoms with Crippen LogP contribution in [-0.4, -0.2) is 65.2 Å². The highest BCUT2D eigenvalue weighted by molar-refractivity contribution is 5.85. The van der Waals surface area contributed by atoms with Gasteiger partial charge in [-0.15, -0.1) is 0 Å². The molecule has 298 valence electrons. The summed E-state index contributed by atoms with van der Waals surface area (Å²) in [5.74, 6) is 2.48. The number of carbonyl (C=O) groups excluding carboxylic acids is 2. The van der Waals surface area contributed by atoms with Crippen LogP contribution in [0.2, 0.25) is 0 Å². The summed E-state index contributed by atoms with van der Waals surface area (Å²) in [6.45, 7) is 11.5. The first-order valence-corrected chi connectivity index (χ1v) is 21.0. The molecule has 4 heterocycles. The molecule has 6 unspecified atom stereocenters. The van der Waals surface area contributed by atoms with E-state index in [1.807, 2.05) is 51.3 Å². The average Bonchev–Trinajstić information content (AvgIpc) is 4.05. The standard InChI is InChI=1S/C48H52N6O4/c1-47(2,3)57-45(55)53-35-19-15-33(23-35)41(53)43-49-37-21-17-31(25-39(37)51-43)29-11-7-27(8-12-29)28-9-13-30(14-10-28)32-18-22-38-40(26-32)52-44(50-38)42-34-16-20-36(24-34)54(42)46(56)58-48(4,5)6/h7-14,17-18,21-22,25-26,33-36,41-42H,15-16,19-20,23-24H2,1-6H3,(H,49,51)(H,50,52). The number of fused-ring (bicyclic) bond motifs is 6. The normalized spacial score (nSPS) is 24.0. The van der Waals surface area contributed by atoms with Crippen LogP contribution >= 0.6 is 0 Å². The fourth-order valence-corrected chi connectivity index (χ4v) is 10.2. The highest BCUT2D eigenvalue weighted by atomic mass is 16.6. The summed E-state index contributed by atoms with van der Waals surface area (Å²) < 4.78 is 11.7. The SMILES string of the molecule is CC(C)(C)OC(=O)N1C2CCC(C2)C1c1nc2ccc(-c3ccc(-c4ccc(-c5ccc6nc(C7C8CCC(C8)N7C(=O)OC(C)(C)C)[nH]c6c5)cc4)cc3)cc2[nH]1. The number of imidazole rings is 2. The third-order valence-electron chi connectivity index (χ3n) is 12.7.